The third-order valence-electron chi connectivity index (χ3n) is 6.16. The van der Waals surface area contributed by atoms with Crippen molar-refractivity contribution in [2.24, 2.45) is 23.2 Å². The van der Waals surface area contributed by atoms with Crippen molar-refractivity contribution < 1.29 is 9.59 Å². The van der Waals surface area contributed by atoms with E-state index in [2.05, 4.69) is 19.2 Å². The summed E-state index contributed by atoms with van der Waals surface area (Å²) in [7, 11) is 1.99. The molecule has 2 atom stereocenters. The first-order valence-electron chi connectivity index (χ1n) is 9.59. The third kappa shape index (κ3) is 5.41. The van der Waals surface area contributed by atoms with E-state index in [4.69, 9.17) is 0 Å². The Labute approximate surface area is 142 Å². The molecule has 132 valence electrons. The van der Waals surface area contributed by atoms with Crippen LogP contribution in [0.4, 0.5) is 0 Å². The molecule has 3 heteroatoms. The number of carbonyl (C=O) groups excluding carboxylic acids is 2. The van der Waals surface area contributed by atoms with Gasteiger partial charge in [0.1, 0.15) is 12.1 Å². The molecule has 0 aliphatic heterocycles. The van der Waals surface area contributed by atoms with Crippen LogP contribution in [0.2, 0.25) is 0 Å². The summed E-state index contributed by atoms with van der Waals surface area (Å²) in [6.07, 6.45) is 12.0. The average molecular weight is 322 g/mol. The molecule has 2 aliphatic rings. The summed E-state index contributed by atoms with van der Waals surface area (Å²) in [5, 5.41) is 3.35. The van der Waals surface area contributed by atoms with Gasteiger partial charge in [0.15, 0.2) is 0 Å². The second kappa shape index (κ2) is 8.41. The van der Waals surface area contributed by atoms with Crippen LogP contribution < -0.4 is 5.32 Å². The van der Waals surface area contributed by atoms with Gasteiger partial charge in [-0.2, -0.15) is 0 Å². The summed E-state index contributed by atoms with van der Waals surface area (Å²) in [5.41, 5.74) is 0.148. The Bertz CT molecular complexity index is 398. The van der Waals surface area contributed by atoms with Crippen LogP contribution in [0.3, 0.4) is 0 Å². The fraction of sp³-hybridized carbons (Fsp3) is 0.900. The lowest BCUT2D eigenvalue weighted by molar-refractivity contribution is -0.125. The molecule has 0 heterocycles. The summed E-state index contributed by atoms with van der Waals surface area (Å²) in [6, 6.07) is 0.412. The molecule has 3 nitrogen and oxygen atoms in total. The van der Waals surface area contributed by atoms with Gasteiger partial charge < -0.3 is 10.1 Å². The minimum absolute atomic E-state index is 0.148. The molecule has 2 rings (SSSR count). The van der Waals surface area contributed by atoms with Gasteiger partial charge in [0, 0.05) is 24.8 Å². The van der Waals surface area contributed by atoms with Crippen molar-refractivity contribution in [1.29, 1.82) is 0 Å². The van der Waals surface area contributed by atoms with Crippen LogP contribution in [-0.2, 0) is 9.59 Å². The Morgan fingerprint density at radius 3 is 2.52 bits per heavy atom. The zero-order chi connectivity index (χ0) is 16.9. The lowest BCUT2D eigenvalue weighted by atomic mass is 9.65. The SMILES string of the molecule is CN[C@H]1CCCC[C@@H]1C(=O)CCC1CC(CC(C)(C)CC=O)C1. The maximum Gasteiger partial charge on any atom is 0.137 e. The van der Waals surface area contributed by atoms with Gasteiger partial charge in [-0.1, -0.05) is 26.7 Å². The van der Waals surface area contributed by atoms with Crippen LogP contribution in [0.15, 0.2) is 0 Å². The highest BCUT2D eigenvalue weighted by Gasteiger charge is 2.35. The molecule has 0 spiro atoms. The molecule has 0 unspecified atom stereocenters. The first-order valence-corrected chi connectivity index (χ1v) is 9.59. The molecule has 0 amide bonds. The molecule has 0 aromatic heterocycles. The van der Waals surface area contributed by atoms with Gasteiger partial charge in [-0.3, -0.25) is 4.79 Å². The van der Waals surface area contributed by atoms with Crippen LogP contribution in [0.1, 0.15) is 78.1 Å². The number of hydrogen-bond donors (Lipinski definition) is 1. The lowest BCUT2D eigenvalue weighted by Crippen LogP contribution is -2.40. The number of nitrogens with one attached hydrogen (secondary N) is 1. The van der Waals surface area contributed by atoms with Crippen LogP contribution >= 0.6 is 0 Å². The summed E-state index contributed by atoms with van der Waals surface area (Å²) >= 11 is 0. The maximum absolute atomic E-state index is 12.5. The molecule has 2 saturated carbocycles. The number of carbonyl (C=O) groups is 2. The van der Waals surface area contributed by atoms with E-state index < -0.39 is 0 Å². The van der Waals surface area contributed by atoms with E-state index in [1.807, 2.05) is 7.05 Å². The smallest absolute Gasteiger partial charge is 0.137 e. The summed E-state index contributed by atoms with van der Waals surface area (Å²) < 4.78 is 0. The molecular formula is C20H35NO2. The van der Waals surface area contributed by atoms with Gasteiger partial charge >= 0.3 is 0 Å². The van der Waals surface area contributed by atoms with E-state index >= 15 is 0 Å². The van der Waals surface area contributed by atoms with Crippen molar-refractivity contribution in [1.82, 2.24) is 5.32 Å². The zero-order valence-electron chi connectivity index (χ0n) is 15.3. The van der Waals surface area contributed by atoms with E-state index in [0.29, 0.717) is 18.2 Å². The summed E-state index contributed by atoms with van der Waals surface area (Å²) in [5.74, 6) is 2.27. The first-order chi connectivity index (χ1) is 10.9. The molecule has 2 fully saturated rings. The van der Waals surface area contributed by atoms with Crippen molar-refractivity contribution in [3.05, 3.63) is 0 Å². The van der Waals surface area contributed by atoms with Crippen molar-refractivity contribution in [2.75, 3.05) is 7.05 Å². The molecule has 1 N–H and O–H groups in total. The highest BCUT2D eigenvalue weighted by Crippen LogP contribution is 2.44. The fourth-order valence-corrected chi connectivity index (χ4v) is 4.76. The number of ketones is 1. The van der Waals surface area contributed by atoms with Gasteiger partial charge in [-0.15, -0.1) is 0 Å². The normalized spacial score (nSPS) is 31.4. The van der Waals surface area contributed by atoms with Crippen LogP contribution in [0.25, 0.3) is 0 Å². The summed E-state index contributed by atoms with van der Waals surface area (Å²) in [6.45, 7) is 4.39. The highest BCUT2D eigenvalue weighted by molar-refractivity contribution is 5.81. The van der Waals surface area contributed by atoms with Crippen LogP contribution in [-0.4, -0.2) is 25.2 Å². The van der Waals surface area contributed by atoms with E-state index in [-0.39, 0.29) is 11.3 Å². The number of aldehydes is 1. The van der Waals surface area contributed by atoms with E-state index in [1.54, 1.807) is 0 Å². The zero-order valence-corrected chi connectivity index (χ0v) is 15.3. The first kappa shape index (κ1) is 18.6. The molecule has 0 aromatic carbocycles. The summed E-state index contributed by atoms with van der Waals surface area (Å²) in [4.78, 5) is 23.2. The van der Waals surface area contributed by atoms with Gasteiger partial charge in [0.25, 0.3) is 0 Å². The Balaban J connectivity index is 1.66. The maximum atomic E-state index is 12.5. The molecule has 0 bridgehead atoms. The van der Waals surface area contributed by atoms with Crippen molar-refractivity contribution >= 4 is 12.1 Å². The third-order valence-corrected chi connectivity index (χ3v) is 6.16. The highest BCUT2D eigenvalue weighted by atomic mass is 16.1. The monoisotopic (exact) mass is 321 g/mol. The quantitative estimate of drug-likeness (QED) is 0.649. The molecule has 23 heavy (non-hydrogen) atoms. The number of hydrogen-bond acceptors (Lipinski definition) is 3. The topological polar surface area (TPSA) is 46.2 Å². The van der Waals surface area contributed by atoms with Crippen molar-refractivity contribution in [3.8, 4) is 0 Å². The number of Topliss-reactive ketones (excluding diaryl/α,β-unsaturated/α-hetero) is 1. The van der Waals surface area contributed by atoms with Gasteiger partial charge in [-0.05, 0) is 62.8 Å². The van der Waals surface area contributed by atoms with E-state index in [9.17, 15) is 9.59 Å². The minimum atomic E-state index is 0.148. The van der Waals surface area contributed by atoms with Gasteiger partial charge in [0.05, 0.1) is 0 Å². The predicted molar refractivity (Wildman–Crippen MR) is 94.3 cm³/mol. The predicted octanol–water partition coefficient (Wildman–Crippen LogP) is 4.15. The Hall–Kier alpha value is -0.700. The molecular weight excluding hydrogens is 286 g/mol. The van der Waals surface area contributed by atoms with Crippen molar-refractivity contribution in [3.63, 3.8) is 0 Å². The molecule has 0 aromatic rings. The standard InChI is InChI=1S/C20H35NO2/c1-20(2,10-11-22)14-16-12-15(13-16)8-9-19(23)17-6-4-5-7-18(17)21-3/h11,15-18,21H,4-10,12-14H2,1-3H3/t15?,16?,17-,18-/m0/s1. The molecule has 0 saturated heterocycles. The lowest BCUT2D eigenvalue weighted by Gasteiger charge is -2.40. The second-order valence-corrected chi connectivity index (χ2v) is 8.73. The second-order valence-electron chi connectivity index (χ2n) is 8.73. The minimum Gasteiger partial charge on any atom is -0.316 e. The van der Waals surface area contributed by atoms with E-state index in [1.165, 1.54) is 25.7 Å². The van der Waals surface area contributed by atoms with Crippen molar-refractivity contribution in [2.45, 2.75) is 84.1 Å². The Morgan fingerprint density at radius 2 is 1.87 bits per heavy atom. The number of rotatable bonds is 9. The molecule has 0 radical (unpaired) electrons. The fourth-order valence-electron chi connectivity index (χ4n) is 4.76. The van der Waals surface area contributed by atoms with Gasteiger partial charge in [0.2, 0.25) is 0 Å². The van der Waals surface area contributed by atoms with Gasteiger partial charge in [-0.25, -0.2) is 0 Å². The Morgan fingerprint density at radius 1 is 1.17 bits per heavy atom. The molecule has 2 aliphatic carbocycles. The largest absolute Gasteiger partial charge is 0.316 e. The van der Waals surface area contributed by atoms with E-state index in [0.717, 1.165) is 50.2 Å². The average Bonchev–Trinajstić information content (AvgIpc) is 2.48. The van der Waals surface area contributed by atoms with Crippen LogP contribution in [0, 0.1) is 23.2 Å². The Kier molecular flexibility index (Phi) is 6.82. The van der Waals surface area contributed by atoms with Crippen LogP contribution in [0.5, 0.6) is 0 Å².